The van der Waals surface area contributed by atoms with Gasteiger partial charge in [0.2, 0.25) is 0 Å². The summed E-state index contributed by atoms with van der Waals surface area (Å²) >= 11 is 5.82. The van der Waals surface area contributed by atoms with Crippen molar-refractivity contribution in [3.8, 4) is 5.75 Å². The van der Waals surface area contributed by atoms with Crippen LogP contribution in [-0.2, 0) is 0 Å². The van der Waals surface area contributed by atoms with Crippen LogP contribution in [0.15, 0.2) is 6.07 Å². The Morgan fingerprint density at radius 2 is 1.95 bits per heavy atom. The van der Waals surface area contributed by atoms with Crippen LogP contribution in [0.3, 0.4) is 0 Å². The molecule has 3 nitrogen and oxygen atoms in total. The van der Waals surface area contributed by atoms with E-state index in [1.807, 2.05) is 0 Å². The van der Waals surface area contributed by atoms with Gasteiger partial charge in [-0.3, -0.25) is 0 Å². The molecule has 1 fully saturated rings. The lowest BCUT2D eigenvalue weighted by Crippen LogP contribution is -2.34. The summed E-state index contributed by atoms with van der Waals surface area (Å²) in [6.07, 6.45) is 2.86. The molecule has 1 aromatic rings. The third-order valence-electron chi connectivity index (χ3n) is 3.85. The van der Waals surface area contributed by atoms with Crippen LogP contribution in [0.4, 0.5) is 15.8 Å². The van der Waals surface area contributed by atoms with Gasteiger partial charge in [0.15, 0.2) is 11.6 Å². The third kappa shape index (κ3) is 3.11. The van der Waals surface area contributed by atoms with Crippen LogP contribution in [-0.4, -0.2) is 6.10 Å². The quantitative estimate of drug-likeness (QED) is 0.803. The molecule has 20 heavy (non-hydrogen) atoms. The Balaban J connectivity index is 2.24. The van der Waals surface area contributed by atoms with Crippen molar-refractivity contribution in [1.82, 2.24) is 0 Å². The van der Waals surface area contributed by atoms with Crippen molar-refractivity contribution in [2.45, 2.75) is 46.1 Å². The number of nitrogens with two attached hydrogens (primary N) is 2. The zero-order valence-electron chi connectivity index (χ0n) is 12.2. The van der Waals surface area contributed by atoms with Crippen molar-refractivity contribution in [2.24, 2.45) is 11.3 Å². The Labute approximate surface area is 124 Å². The first-order chi connectivity index (χ1) is 9.19. The number of hydrogen-bond donors (Lipinski definition) is 2. The number of nitrogen functional groups attached to an aromatic ring is 2. The van der Waals surface area contributed by atoms with E-state index in [0.29, 0.717) is 5.92 Å². The molecule has 112 valence electrons. The van der Waals surface area contributed by atoms with Crippen molar-refractivity contribution in [3.05, 3.63) is 16.9 Å². The highest BCUT2D eigenvalue weighted by atomic mass is 35.5. The molecular formula is C15H22ClFN2O. The van der Waals surface area contributed by atoms with Gasteiger partial charge in [-0.25, -0.2) is 4.39 Å². The largest absolute Gasteiger partial charge is 0.485 e. The topological polar surface area (TPSA) is 61.3 Å². The maximum atomic E-state index is 14.2. The molecule has 4 N–H and O–H groups in total. The second kappa shape index (κ2) is 5.32. The molecule has 2 unspecified atom stereocenters. The minimum Gasteiger partial charge on any atom is -0.485 e. The Kier molecular flexibility index (Phi) is 4.05. The zero-order valence-corrected chi connectivity index (χ0v) is 12.9. The van der Waals surface area contributed by atoms with Gasteiger partial charge in [-0.2, -0.15) is 0 Å². The first-order valence-electron chi connectivity index (χ1n) is 6.89. The van der Waals surface area contributed by atoms with E-state index >= 15 is 0 Å². The van der Waals surface area contributed by atoms with E-state index in [2.05, 4.69) is 20.8 Å². The number of anilines is 2. The summed E-state index contributed by atoms with van der Waals surface area (Å²) in [4.78, 5) is 0. The number of ether oxygens (including phenoxy) is 1. The van der Waals surface area contributed by atoms with Crippen molar-refractivity contribution in [3.63, 3.8) is 0 Å². The lowest BCUT2D eigenvalue weighted by Gasteiger charge is -2.39. The highest BCUT2D eigenvalue weighted by Gasteiger charge is 2.34. The minimum atomic E-state index is -0.666. The molecule has 0 amide bonds. The first kappa shape index (κ1) is 15.2. The first-order valence-corrected chi connectivity index (χ1v) is 7.27. The van der Waals surface area contributed by atoms with Gasteiger partial charge in [-0.15, -0.1) is 0 Å². The van der Waals surface area contributed by atoms with E-state index in [4.69, 9.17) is 27.8 Å². The number of halogens is 2. The van der Waals surface area contributed by atoms with Gasteiger partial charge in [0.1, 0.15) is 5.02 Å². The Hall–Kier alpha value is -1.16. The van der Waals surface area contributed by atoms with Crippen LogP contribution < -0.4 is 16.2 Å². The summed E-state index contributed by atoms with van der Waals surface area (Å²) in [5.74, 6) is -0.100. The lowest BCUT2D eigenvalue weighted by molar-refractivity contribution is 0.0542. The van der Waals surface area contributed by atoms with E-state index in [-0.39, 0.29) is 33.7 Å². The zero-order chi connectivity index (χ0) is 15.1. The summed E-state index contributed by atoms with van der Waals surface area (Å²) in [5.41, 5.74) is 11.9. The molecule has 0 heterocycles. The van der Waals surface area contributed by atoms with Crippen molar-refractivity contribution in [1.29, 1.82) is 0 Å². The van der Waals surface area contributed by atoms with E-state index in [1.54, 1.807) is 0 Å². The molecule has 2 atom stereocenters. The fraction of sp³-hybridized carbons (Fsp3) is 0.600. The van der Waals surface area contributed by atoms with Gasteiger partial charge in [-0.05, 0) is 36.7 Å². The molecule has 2 rings (SSSR count). The summed E-state index contributed by atoms with van der Waals surface area (Å²) in [6, 6.07) is 1.44. The van der Waals surface area contributed by atoms with Crippen LogP contribution in [0.1, 0.15) is 40.0 Å². The lowest BCUT2D eigenvalue weighted by atomic mass is 9.71. The maximum Gasteiger partial charge on any atom is 0.187 e. The highest BCUT2D eigenvalue weighted by molar-refractivity contribution is 6.33. The maximum absolute atomic E-state index is 14.2. The molecule has 5 heteroatoms. The van der Waals surface area contributed by atoms with Crippen LogP contribution >= 0.6 is 11.6 Å². The molecule has 1 aromatic carbocycles. The molecule has 0 saturated heterocycles. The van der Waals surface area contributed by atoms with Crippen LogP contribution in [0.2, 0.25) is 5.02 Å². The van der Waals surface area contributed by atoms with E-state index in [1.165, 1.54) is 6.07 Å². The predicted octanol–water partition coefficient (Wildman–Crippen LogP) is 4.24. The molecule has 0 bridgehead atoms. The standard InChI is InChI=1S/C15H22ClFN2O/c1-8-4-9(7-15(2,3)6-8)20-14-11(19)5-10(18)12(16)13(14)17/h5,8-9H,4,6-7,18-19H2,1-3H3. The average Bonchev–Trinajstić information content (AvgIpc) is 2.29. The predicted molar refractivity (Wildman–Crippen MR) is 81.4 cm³/mol. The monoisotopic (exact) mass is 300 g/mol. The molecule has 0 spiro atoms. The molecule has 0 aliphatic heterocycles. The minimum absolute atomic E-state index is 0.0269. The second-order valence-corrected chi connectivity index (χ2v) is 7.04. The molecule has 0 radical (unpaired) electrons. The smallest absolute Gasteiger partial charge is 0.187 e. The summed E-state index contributed by atoms with van der Waals surface area (Å²) in [7, 11) is 0. The summed E-state index contributed by atoms with van der Waals surface area (Å²) in [6.45, 7) is 6.59. The van der Waals surface area contributed by atoms with Crippen molar-refractivity contribution < 1.29 is 9.13 Å². The fourth-order valence-corrected chi connectivity index (χ4v) is 3.42. The Morgan fingerprint density at radius 1 is 1.30 bits per heavy atom. The molecule has 1 aliphatic carbocycles. The van der Waals surface area contributed by atoms with Crippen LogP contribution in [0, 0.1) is 17.2 Å². The summed E-state index contributed by atoms with van der Waals surface area (Å²) in [5, 5.41) is -0.127. The van der Waals surface area contributed by atoms with Gasteiger partial charge in [0.25, 0.3) is 0 Å². The molecule has 0 aromatic heterocycles. The van der Waals surface area contributed by atoms with Gasteiger partial charge < -0.3 is 16.2 Å². The average molecular weight is 301 g/mol. The fourth-order valence-electron chi connectivity index (χ4n) is 3.28. The van der Waals surface area contributed by atoms with Gasteiger partial charge >= 0.3 is 0 Å². The van der Waals surface area contributed by atoms with E-state index in [0.717, 1.165) is 19.3 Å². The van der Waals surface area contributed by atoms with Crippen molar-refractivity contribution in [2.75, 3.05) is 11.5 Å². The Bertz CT molecular complexity index is 519. The molecule has 1 saturated carbocycles. The third-order valence-corrected chi connectivity index (χ3v) is 4.23. The van der Waals surface area contributed by atoms with Crippen molar-refractivity contribution >= 4 is 23.0 Å². The number of benzene rings is 1. The molecule has 1 aliphatic rings. The number of hydrogen-bond acceptors (Lipinski definition) is 3. The SMILES string of the molecule is CC1CC(Oc2c(N)cc(N)c(Cl)c2F)CC(C)(C)C1. The van der Waals surface area contributed by atoms with Crippen LogP contribution in [0.25, 0.3) is 0 Å². The van der Waals surface area contributed by atoms with Gasteiger partial charge in [0.05, 0.1) is 17.5 Å². The normalized spacial score (nSPS) is 25.4. The summed E-state index contributed by atoms with van der Waals surface area (Å²) < 4.78 is 20.0. The van der Waals surface area contributed by atoms with Gasteiger partial charge in [0, 0.05) is 0 Å². The molecular weight excluding hydrogens is 279 g/mol. The van der Waals surface area contributed by atoms with E-state index in [9.17, 15) is 4.39 Å². The van der Waals surface area contributed by atoms with E-state index < -0.39 is 5.82 Å². The van der Waals surface area contributed by atoms with Crippen LogP contribution in [0.5, 0.6) is 5.75 Å². The highest BCUT2D eigenvalue weighted by Crippen LogP contribution is 2.42. The second-order valence-electron chi connectivity index (χ2n) is 6.67. The number of rotatable bonds is 2. The van der Waals surface area contributed by atoms with Gasteiger partial charge in [-0.1, -0.05) is 32.4 Å². The Morgan fingerprint density at radius 3 is 2.55 bits per heavy atom.